The second-order valence-electron chi connectivity index (χ2n) is 8.12. The van der Waals surface area contributed by atoms with Gasteiger partial charge in [-0.2, -0.15) is 0 Å². The summed E-state index contributed by atoms with van der Waals surface area (Å²) in [6.45, 7) is 4.00. The zero-order valence-corrected chi connectivity index (χ0v) is 18.3. The van der Waals surface area contributed by atoms with Gasteiger partial charge in [0, 0.05) is 22.9 Å². The average molecular weight is 450 g/mol. The van der Waals surface area contributed by atoms with Crippen molar-refractivity contribution < 1.29 is 19.4 Å². The SMILES string of the molecule is C=C(C(N)=O)c1cccc2c1c1c(OCC(=O)O)c3ccccc3cc1n2Cc1ccccc1. The Morgan fingerprint density at radius 1 is 0.912 bits per heavy atom. The van der Waals surface area contributed by atoms with Crippen LogP contribution in [0.25, 0.3) is 38.2 Å². The average Bonchev–Trinajstić information content (AvgIpc) is 3.15. The highest BCUT2D eigenvalue weighted by Crippen LogP contribution is 2.43. The lowest BCUT2D eigenvalue weighted by atomic mass is 9.98. The Morgan fingerprint density at radius 3 is 2.38 bits per heavy atom. The highest BCUT2D eigenvalue weighted by molar-refractivity contribution is 6.27. The molecular formula is C28H22N2O4. The lowest BCUT2D eigenvalue weighted by Crippen LogP contribution is -2.12. The zero-order valence-electron chi connectivity index (χ0n) is 18.3. The quantitative estimate of drug-likeness (QED) is 0.343. The molecule has 0 bridgehead atoms. The van der Waals surface area contributed by atoms with Gasteiger partial charge in [0.05, 0.1) is 16.4 Å². The molecular weight excluding hydrogens is 428 g/mol. The number of benzene rings is 4. The molecule has 1 heterocycles. The number of aliphatic carboxylic acids is 1. The monoisotopic (exact) mass is 450 g/mol. The maximum absolute atomic E-state index is 12.1. The van der Waals surface area contributed by atoms with E-state index >= 15 is 0 Å². The number of carboxylic acid groups (broad SMARTS) is 1. The van der Waals surface area contributed by atoms with Gasteiger partial charge < -0.3 is 20.1 Å². The first kappa shape index (κ1) is 21.3. The van der Waals surface area contributed by atoms with Crippen molar-refractivity contribution in [2.24, 2.45) is 5.73 Å². The molecule has 4 aromatic carbocycles. The van der Waals surface area contributed by atoms with E-state index in [9.17, 15) is 14.7 Å². The molecule has 0 aliphatic heterocycles. The Kier molecular flexibility index (Phi) is 5.26. The third-order valence-corrected chi connectivity index (χ3v) is 6.00. The summed E-state index contributed by atoms with van der Waals surface area (Å²) in [5, 5.41) is 12.5. The minimum absolute atomic E-state index is 0.182. The van der Waals surface area contributed by atoms with Crippen LogP contribution in [0.2, 0.25) is 0 Å². The summed E-state index contributed by atoms with van der Waals surface area (Å²) in [7, 11) is 0. The fourth-order valence-electron chi connectivity index (χ4n) is 4.52. The molecule has 0 saturated heterocycles. The largest absolute Gasteiger partial charge is 0.481 e. The number of carbonyl (C=O) groups excluding carboxylic acids is 1. The Balaban J connectivity index is 1.94. The number of carbonyl (C=O) groups is 2. The summed E-state index contributed by atoms with van der Waals surface area (Å²) in [6, 6.07) is 25.4. The van der Waals surface area contributed by atoms with E-state index in [0.717, 1.165) is 38.1 Å². The van der Waals surface area contributed by atoms with Crippen molar-refractivity contribution >= 4 is 50.0 Å². The minimum Gasteiger partial charge on any atom is -0.481 e. The third kappa shape index (κ3) is 3.55. The molecule has 5 rings (SSSR count). The van der Waals surface area contributed by atoms with Crippen molar-refractivity contribution in [1.29, 1.82) is 0 Å². The van der Waals surface area contributed by atoms with Crippen LogP contribution in [0.4, 0.5) is 0 Å². The fourth-order valence-corrected chi connectivity index (χ4v) is 4.52. The molecule has 34 heavy (non-hydrogen) atoms. The molecule has 168 valence electrons. The van der Waals surface area contributed by atoms with E-state index in [0.29, 0.717) is 17.9 Å². The Labute approximate surface area is 195 Å². The van der Waals surface area contributed by atoms with E-state index in [1.807, 2.05) is 66.7 Å². The second-order valence-corrected chi connectivity index (χ2v) is 8.12. The molecule has 0 unspecified atom stereocenters. The van der Waals surface area contributed by atoms with Gasteiger partial charge in [0.25, 0.3) is 0 Å². The molecule has 0 aliphatic carbocycles. The maximum Gasteiger partial charge on any atom is 0.341 e. The number of rotatable bonds is 7. The summed E-state index contributed by atoms with van der Waals surface area (Å²) in [4.78, 5) is 23.5. The highest BCUT2D eigenvalue weighted by atomic mass is 16.5. The topological polar surface area (TPSA) is 94.6 Å². The van der Waals surface area contributed by atoms with E-state index in [2.05, 4.69) is 17.2 Å². The van der Waals surface area contributed by atoms with Crippen LogP contribution in [0.5, 0.6) is 5.75 Å². The van der Waals surface area contributed by atoms with E-state index in [4.69, 9.17) is 10.5 Å². The molecule has 0 spiro atoms. The molecule has 0 saturated carbocycles. The van der Waals surface area contributed by atoms with Crippen molar-refractivity contribution in [3.63, 3.8) is 0 Å². The van der Waals surface area contributed by atoms with Crippen molar-refractivity contribution in [3.8, 4) is 5.75 Å². The molecule has 0 fully saturated rings. The highest BCUT2D eigenvalue weighted by Gasteiger charge is 2.22. The van der Waals surface area contributed by atoms with Crippen LogP contribution in [0.15, 0.2) is 85.4 Å². The maximum atomic E-state index is 12.1. The first-order chi connectivity index (χ1) is 16.5. The summed E-state index contributed by atoms with van der Waals surface area (Å²) in [5.41, 5.74) is 9.21. The number of aromatic nitrogens is 1. The van der Waals surface area contributed by atoms with Gasteiger partial charge in [-0.25, -0.2) is 4.79 Å². The number of fused-ring (bicyclic) bond motifs is 4. The summed E-state index contributed by atoms with van der Waals surface area (Å²) in [6.07, 6.45) is 0. The minimum atomic E-state index is -1.07. The van der Waals surface area contributed by atoms with Gasteiger partial charge >= 0.3 is 5.97 Å². The number of ether oxygens (including phenoxy) is 1. The van der Waals surface area contributed by atoms with Crippen LogP contribution >= 0.6 is 0 Å². The van der Waals surface area contributed by atoms with E-state index in [1.165, 1.54) is 0 Å². The normalized spacial score (nSPS) is 11.2. The second kappa shape index (κ2) is 8.41. The number of hydrogen-bond donors (Lipinski definition) is 2. The Hall–Kier alpha value is -4.58. The van der Waals surface area contributed by atoms with Gasteiger partial charge in [-0.3, -0.25) is 4.79 Å². The van der Waals surface area contributed by atoms with Gasteiger partial charge in [0.2, 0.25) is 5.91 Å². The number of carboxylic acids is 1. The van der Waals surface area contributed by atoms with Crippen molar-refractivity contribution in [2.75, 3.05) is 6.61 Å². The first-order valence-electron chi connectivity index (χ1n) is 10.8. The lowest BCUT2D eigenvalue weighted by molar-refractivity contribution is -0.139. The number of primary amides is 1. The molecule has 3 N–H and O–H groups in total. The van der Waals surface area contributed by atoms with Gasteiger partial charge in [0.1, 0.15) is 5.75 Å². The van der Waals surface area contributed by atoms with Crippen LogP contribution in [0.1, 0.15) is 11.1 Å². The predicted molar refractivity (Wildman–Crippen MR) is 134 cm³/mol. The van der Waals surface area contributed by atoms with Crippen LogP contribution in [0.3, 0.4) is 0 Å². The van der Waals surface area contributed by atoms with Gasteiger partial charge in [-0.05, 0) is 28.6 Å². The third-order valence-electron chi connectivity index (χ3n) is 6.00. The van der Waals surface area contributed by atoms with Crippen LogP contribution in [0, 0.1) is 0 Å². The molecule has 0 atom stereocenters. The molecule has 6 heteroatoms. The number of nitrogens with zero attached hydrogens (tertiary/aromatic N) is 1. The molecule has 0 radical (unpaired) electrons. The molecule has 1 amide bonds. The van der Waals surface area contributed by atoms with E-state index in [1.54, 1.807) is 6.07 Å². The van der Waals surface area contributed by atoms with Crippen LogP contribution < -0.4 is 10.5 Å². The van der Waals surface area contributed by atoms with E-state index < -0.39 is 18.5 Å². The summed E-state index contributed by atoms with van der Waals surface area (Å²) >= 11 is 0. The van der Waals surface area contributed by atoms with Gasteiger partial charge in [-0.1, -0.05) is 73.3 Å². The van der Waals surface area contributed by atoms with Gasteiger partial charge in [-0.15, -0.1) is 0 Å². The predicted octanol–water partition coefficient (Wildman–Crippen LogP) is 4.96. The summed E-state index contributed by atoms with van der Waals surface area (Å²) < 4.78 is 8.05. The molecule has 6 nitrogen and oxygen atoms in total. The van der Waals surface area contributed by atoms with Crippen molar-refractivity contribution in [2.45, 2.75) is 6.54 Å². The van der Waals surface area contributed by atoms with Crippen molar-refractivity contribution in [3.05, 3.63) is 96.6 Å². The Morgan fingerprint density at radius 2 is 1.65 bits per heavy atom. The molecule has 1 aromatic heterocycles. The lowest BCUT2D eigenvalue weighted by Gasteiger charge is -2.12. The number of nitrogens with two attached hydrogens (primary N) is 1. The molecule has 0 aliphatic rings. The van der Waals surface area contributed by atoms with Crippen molar-refractivity contribution in [1.82, 2.24) is 4.57 Å². The first-order valence-corrected chi connectivity index (χ1v) is 10.8. The summed E-state index contributed by atoms with van der Waals surface area (Å²) in [5.74, 6) is -1.24. The molecule has 5 aromatic rings. The number of amides is 1. The smallest absolute Gasteiger partial charge is 0.341 e. The number of hydrogen-bond acceptors (Lipinski definition) is 3. The van der Waals surface area contributed by atoms with Crippen LogP contribution in [-0.4, -0.2) is 28.2 Å². The fraction of sp³-hybridized carbons (Fsp3) is 0.0714. The van der Waals surface area contributed by atoms with E-state index in [-0.39, 0.29) is 5.57 Å². The van der Waals surface area contributed by atoms with Gasteiger partial charge in [0.15, 0.2) is 6.61 Å². The standard InChI is InChI=1S/C28H22N2O4/c1-17(28(29)33)20-12-7-13-22-25(20)26-23(30(22)15-18-8-3-2-4-9-18)14-19-10-5-6-11-21(19)27(26)34-16-24(31)32/h2-14H,1,15-16H2,(H2,29,33)(H,31,32). The van der Waals surface area contributed by atoms with Crippen LogP contribution in [-0.2, 0) is 16.1 Å². The Bertz CT molecular complexity index is 1600. The zero-order chi connectivity index (χ0) is 23.8.